The lowest BCUT2D eigenvalue weighted by molar-refractivity contribution is -0.167. The van der Waals surface area contributed by atoms with Crippen LogP contribution in [0.2, 0.25) is 0 Å². The second-order valence-electron chi connectivity index (χ2n) is 18.9. The molecule has 0 bridgehead atoms. The molecule has 1 unspecified atom stereocenters. The van der Waals surface area contributed by atoms with Crippen molar-refractivity contribution in [2.45, 2.75) is 277 Å². The maximum atomic E-state index is 12.9. The van der Waals surface area contributed by atoms with Gasteiger partial charge in [0.25, 0.3) is 0 Å². The van der Waals surface area contributed by atoms with Crippen molar-refractivity contribution in [1.29, 1.82) is 0 Å². The molecule has 0 rings (SSSR count). The smallest absolute Gasteiger partial charge is 0.306 e. The fourth-order valence-electron chi connectivity index (χ4n) is 7.96. The van der Waals surface area contributed by atoms with E-state index in [1.807, 2.05) is 0 Å². The van der Waals surface area contributed by atoms with Gasteiger partial charge in [-0.3, -0.25) is 14.4 Å². The summed E-state index contributed by atoms with van der Waals surface area (Å²) in [7, 11) is 0. The highest BCUT2D eigenvalue weighted by Gasteiger charge is 2.19. The van der Waals surface area contributed by atoms with Crippen LogP contribution in [0.3, 0.4) is 0 Å². The average Bonchev–Trinajstić information content (AvgIpc) is 3.34. The quantitative estimate of drug-likeness (QED) is 0.0199. The summed E-state index contributed by atoms with van der Waals surface area (Å²) in [6.07, 6.45) is 72.9. The van der Waals surface area contributed by atoms with Crippen molar-refractivity contribution in [3.05, 3.63) is 85.1 Å². The standard InChI is InChI=1S/C62H106O6/c1-4-7-10-13-16-19-22-25-27-29-31-33-34-37-40-43-46-49-52-55-61(64)67-58-59(57-66-60(63)54-51-48-45-42-39-36-24-21-18-15-12-9-6-3)68-62(65)56-53-50-47-44-41-38-35-32-30-28-26-23-20-17-14-11-8-5-2/h7,9-10,12,15-16,18-19,21,24-25,27,31,33,59H,4-6,8,11,13-14,17,20,22-23,26,28-30,32,34-58H2,1-3H3/b10-7+,12-9+,18-15+,19-16+,24-21+,27-25+,33-31+. The monoisotopic (exact) mass is 947 g/mol. The third kappa shape index (κ3) is 53.5. The van der Waals surface area contributed by atoms with E-state index in [1.165, 1.54) is 116 Å². The molecule has 0 aromatic rings. The van der Waals surface area contributed by atoms with Crippen molar-refractivity contribution in [3.8, 4) is 0 Å². The van der Waals surface area contributed by atoms with Gasteiger partial charge < -0.3 is 14.2 Å². The number of hydrogen-bond acceptors (Lipinski definition) is 6. The number of ether oxygens (including phenoxy) is 3. The predicted molar refractivity (Wildman–Crippen MR) is 293 cm³/mol. The molecular weight excluding hydrogens is 841 g/mol. The Hall–Kier alpha value is -3.41. The van der Waals surface area contributed by atoms with Gasteiger partial charge in [0.2, 0.25) is 0 Å². The van der Waals surface area contributed by atoms with Gasteiger partial charge >= 0.3 is 17.9 Å². The normalized spacial score (nSPS) is 12.7. The molecule has 0 saturated heterocycles. The van der Waals surface area contributed by atoms with Crippen molar-refractivity contribution < 1.29 is 28.6 Å². The van der Waals surface area contributed by atoms with Crippen LogP contribution in [-0.2, 0) is 28.6 Å². The second kappa shape index (κ2) is 56.2. The molecule has 0 amide bonds. The first-order valence-electron chi connectivity index (χ1n) is 28.6. The molecule has 0 saturated carbocycles. The fraction of sp³-hybridized carbons (Fsp3) is 0.726. The van der Waals surface area contributed by atoms with Crippen LogP contribution in [0.4, 0.5) is 0 Å². The number of carbonyl (C=O) groups is 3. The molecule has 0 aliphatic rings. The zero-order valence-corrected chi connectivity index (χ0v) is 44.6. The Kier molecular flexibility index (Phi) is 53.4. The first-order chi connectivity index (χ1) is 33.5. The van der Waals surface area contributed by atoms with E-state index in [2.05, 4.69) is 106 Å². The highest BCUT2D eigenvalue weighted by atomic mass is 16.6. The van der Waals surface area contributed by atoms with Gasteiger partial charge in [0, 0.05) is 19.3 Å². The molecule has 0 radical (unpaired) electrons. The van der Waals surface area contributed by atoms with E-state index in [-0.39, 0.29) is 31.1 Å². The van der Waals surface area contributed by atoms with Crippen molar-refractivity contribution in [2.24, 2.45) is 0 Å². The maximum absolute atomic E-state index is 12.9. The molecule has 68 heavy (non-hydrogen) atoms. The summed E-state index contributed by atoms with van der Waals surface area (Å²) >= 11 is 0. The number of allylic oxidation sites excluding steroid dienone is 14. The SMILES string of the molecule is CC/C=C/C=C/C=C/CCCCCCCC(=O)OCC(COC(=O)CCCCCCCC/C=C/C/C=C/C/C=C/C/C=C/CC)OC(=O)CCCCCCCCCCCCCCCCCCCC. The number of esters is 3. The van der Waals surface area contributed by atoms with Gasteiger partial charge in [-0.15, -0.1) is 0 Å². The van der Waals surface area contributed by atoms with Crippen LogP contribution >= 0.6 is 0 Å². The summed E-state index contributed by atoms with van der Waals surface area (Å²) in [6, 6.07) is 0. The minimum absolute atomic E-state index is 0.0893. The van der Waals surface area contributed by atoms with Crippen molar-refractivity contribution >= 4 is 17.9 Å². The lowest BCUT2D eigenvalue weighted by Gasteiger charge is -2.18. The summed E-state index contributed by atoms with van der Waals surface area (Å²) in [6.45, 7) is 6.39. The Morgan fingerprint density at radius 3 is 1.06 bits per heavy atom. The van der Waals surface area contributed by atoms with Gasteiger partial charge in [-0.25, -0.2) is 0 Å². The van der Waals surface area contributed by atoms with E-state index in [0.717, 1.165) is 116 Å². The first-order valence-corrected chi connectivity index (χ1v) is 28.6. The highest BCUT2D eigenvalue weighted by Crippen LogP contribution is 2.16. The zero-order chi connectivity index (χ0) is 49.3. The molecule has 0 aliphatic heterocycles. The largest absolute Gasteiger partial charge is 0.462 e. The number of unbranched alkanes of at least 4 members (excludes halogenated alkanes) is 28. The molecule has 0 spiro atoms. The van der Waals surface area contributed by atoms with Gasteiger partial charge in [-0.1, -0.05) is 260 Å². The molecule has 1 atom stereocenters. The van der Waals surface area contributed by atoms with Gasteiger partial charge in [-0.05, 0) is 77.0 Å². The van der Waals surface area contributed by atoms with Gasteiger partial charge in [0.15, 0.2) is 6.10 Å². The summed E-state index contributed by atoms with van der Waals surface area (Å²) < 4.78 is 16.8. The van der Waals surface area contributed by atoms with Crippen LogP contribution in [-0.4, -0.2) is 37.2 Å². The Balaban J connectivity index is 4.39. The number of carbonyl (C=O) groups excluding carboxylic acids is 3. The third-order valence-electron chi connectivity index (χ3n) is 12.2. The van der Waals surface area contributed by atoms with Gasteiger partial charge in [-0.2, -0.15) is 0 Å². The van der Waals surface area contributed by atoms with E-state index >= 15 is 0 Å². The third-order valence-corrected chi connectivity index (χ3v) is 12.2. The van der Waals surface area contributed by atoms with E-state index < -0.39 is 6.10 Å². The fourth-order valence-corrected chi connectivity index (χ4v) is 7.96. The molecule has 390 valence electrons. The zero-order valence-electron chi connectivity index (χ0n) is 44.6. The Bertz CT molecular complexity index is 1320. The Labute approximate surface area is 420 Å². The van der Waals surface area contributed by atoms with Crippen molar-refractivity contribution in [3.63, 3.8) is 0 Å². The summed E-state index contributed by atoms with van der Waals surface area (Å²) in [5.41, 5.74) is 0. The molecule has 0 heterocycles. The lowest BCUT2D eigenvalue weighted by Crippen LogP contribution is -2.30. The lowest BCUT2D eigenvalue weighted by atomic mass is 10.0. The number of rotatable bonds is 51. The van der Waals surface area contributed by atoms with Crippen LogP contribution < -0.4 is 0 Å². The van der Waals surface area contributed by atoms with Crippen LogP contribution in [0.15, 0.2) is 85.1 Å². The summed E-state index contributed by atoms with van der Waals surface area (Å²) in [4.78, 5) is 38.1. The molecule has 0 aromatic heterocycles. The van der Waals surface area contributed by atoms with E-state index in [4.69, 9.17) is 14.2 Å². The van der Waals surface area contributed by atoms with Crippen molar-refractivity contribution in [2.75, 3.05) is 13.2 Å². The van der Waals surface area contributed by atoms with E-state index in [1.54, 1.807) is 0 Å². The van der Waals surface area contributed by atoms with E-state index in [9.17, 15) is 14.4 Å². The molecular formula is C62H106O6. The summed E-state index contributed by atoms with van der Waals surface area (Å²) in [5.74, 6) is -0.915. The molecule has 6 heteroatoms. The molecule has 0 N–H and O–H groups in total. The highest BCUT2D eigenvalue weighted by molar-refractivity contribution is 5.71. The molecule has 0 aromatic carbocycles. The van der Waals surface area contributed by atoms with Crippen LogP contribution in [0, 0.1) is 0 Å². The first kappa shape index (κ1) is 64.6. The molecule has 0 fully saturated rings. The van der Waals surface area contributed by atoms with Crippen LogP contribution in [0.25, 0.3) is 0 Å². The summed E-state index contributed by atoms with van der Waals surface area (Å²) in [5, 5.41) is 0. The maximum Gasteiger partial charge on any atom is 0.306 e. The molecule has 0 aliphatic carbocycles. The van der Waals surface area contributed by atoms with Gasteiger partial charge in [0.1, 0.15) is 13.2 Å². The number of hydrogen-bond donors (Lipinski definition) is 0. The van der Waals surface area contributed by atoms with Crippen molar-refractivity contribution in [1.82, 2.24) is 0 Å². The average molecular weight is 948 g/mol. The van der Waals surface area contributed by atoms with Crippen LogP contribution in [0.1, 0.15) is 271 Å². The minimum Gasteiger partial charge on any atom is -0.462 e. The van der Waals surface area contributed by atoms with Crippen LogP contribution in [0.5, 0.6) is 0 Å². The Morgan fingerprint density at radius 1 is 0.324 bits per heavy atom. The van der Waals surface area contributed by atoms with Gasteiger partial charge in [0.05, 0.1) is 0 Å². The predicted octanol–water partition coefficient (Wildman–Crippen LogP) is 19.2. The molecule has 6 nitrogen and oxygen atoms in total. The Morgan fingerprint density at radius 2 is 0.647 bits per heavy atom. The van der Waals surface area contributed by atoms with E-state index in [0.29, 0.717) is 19.3 Å². The topological polar surface area (TPSA) is 78.9 Å². The second-order valence-corrected chi connectivity index (χ2v) is 18.9. The minimum atomic E-state index is -0.790.